The minimum absolute atomic E-state index is 0.0204. The number of nitrogens with zero attached hydrogens (tertiary/aromatic N) is 4. The average Bonchev–Trinajstić information content (AvgIpc) is 3.16. The van der Waals surface area contributed by atoms with Crippen LogP contribution in [0.2, 0.25) is 0 Å². The van der Waals surface area contributed by atoms with Crippen molar-refractivity contribution in [3.05, 3.63) is 60.4 Å². The molecule has 0 saturated carbocycles. The van der Waals surface area contributed by atoms with Gasteiger partial charge in [0.2, 0.25) is 0 Å². The molecule has 2 heterocycles. The van der Waals surface area contributed by atoms with Gasteiger partial charge in [-0.25, -0.2) is 0 Å². The molecule has 3 atom stereocenters. The summed E-state index contributed by atoms with van der Waals surface area (Å²) in [5, 5.41) is 53.5. The molecule has 0 spiro atoms. The number of aliphatic hydroxyl groups is 4. The van der Waals surface area contributed by atoms with E-state index < -0.39 is 24.9 Å². The zero-order valence-corrected chi connectivity index (χ0v) is 14.2. The molecule has 0 amide bonds. The maximum atomic E-state index is 10.4. The van der Waals surface area contributed by atoms with Gasteiger partial charge < -0.3 is 20.4 Å². The van der Waals surface area contributed by atoms with Crippen LogP contribution in [-0.2, 0) is 0 Å². The van der Waals surface area contributed by atoms with E-state index >= 15 is 0 Å². The van der Waals surface area contributed by atoms with Crippen molar-refractivity contribution in [2.45, 2.75) is 18.3 Å². The predicted octanol–water partition coefficient (Wildman–Crippen LogP) is 0.692. The van der Waals surface area contributed by atoms with Crippen LogP contribution in [0.25, 0.3) is 27.7 Å². The minimum Gasteiger partial charge on any atom is -0.394 e. The van der Waals surface area contributed by atoms with E-state index in [9.17, 15) is 15.3 Å². The van der Waals surface area contributed by atoms with E-state index in [4.69, 9.17) is 5.11 Å². The monoisotopic (exact) mass is 366 g/mol. The summed E-state index contributed by atoms with van der Waals surface area (Å²) >= 11 is 0. The Morgan fingerprint density at radius 1 is 0.852 bits per heavy atom. The summed E-state index contributed by atoms with van der Waals surface area (Å²) in [5.74, 6) is -0.0204. The van der Waals surface area contributed by atoms with Crippen LogP contribution in [0.5, 0.6) is 0 Å². The Bertz CT molecular complexity index is 1080. The predicted molar refractivity (Wildman–Crippen MR) is 97.8 cm³/mol. The highest BCUT2D eigenvalue weighted by Gasteiger charge is 2.30. The summed E-state index contributed by atoms with van der Waals surface area (Å²) < 4.78 is 1.36. The molecule has 8 nitrogen and oxygen atoms in total. The van der Waals surface area contributed by atoms with Crippen LogP contribution in [0.15, 0.2) is 54.6 Å². The Labute approximate surface area is 154 Å². The summed E-state index contributed by atoms with van der Waals surface area (Å²) in [7, 11) is 0. The molecule has 138 valence electrons. The molecule has 0 bridgehead atoms. The molecule has 0 saturated heterocycles. The number of fused-ring (bicyclic) bond motifs is 3. The molecule has 0 aliphatic heterocycles. The fourth-order valence-electron chi connectivity index (χ4n) is 3.06. The molecule has 0 aliphatic carbocycles. The zero-order valence-electron chi connectivity index (χ0n) is 14.2. The third-order valence-corrected chi connectivity index (χ3v) is 4.50. The molecule has 4 rings (SSSR count). The van der Waals surface area contributed by atoms with Gasteiger partial charge in [0, 0.05) is 16.3 Å². The molecule has 3 unspecified atom stereocenters. The van der Waals surface area contributed by atoms with Crippen molar-refractivity contribution < 1.29 is 20.4 Å². The van der Waals surface area contributed by atoms with E-state index in [1.165, 1.54) is 4.52 Å². The largest absolute Gasteiger partial charge is 0.394 e. The smallest absolute Gasteiger partial charge is 0.186 e. The second kappa shape index (κ2) is 7.01. The number of benzene rings is 2. The van der Waals surface area contributed by atoms with Crippen molar-refractivity contribution in [2.75, 3.05) is 6.61 Å². The Kier molecular flexibility index (Phi) is 4.54. The van der Waals surface area contributed by atoms with Crippen LogP contribution in [0.3, 0.4) is 0 Å². The first-order valence-electron chi connectivity index (χ1n) is 8.46. The molecule has 2 aromatic heterocycles. The Hall–Kier alpha value is -2.91. The maximum absolute atomic E-state index is 10.4. The van der Waals surface area contributed by atoms with Crippen molar-refractivity contribution in [1.82, 2.24) is 19.8 Å². The average molecular weight is 366 g/mol. The van der Waals surface area contributed by atoms with Gasteiger partial charge in [0.05, 0.1) is 12.3 Å². The van der Waals surface area contributed by atoms with Crippen LogP contribution in [0.1, 0.15) is 11.9 Å². The van der Waals surface area contributed by atoms with Crippen molar-refractivity contribution >= 4 is 16.4 Å². The van der Waals surface area contributed by atoms with Crippen LogP contribution in [0, 0.1) is 0 Å². The van der Waals surface area contributed by atoms with Gasteiger partial charge in [-0.2, -0.15) is 9.61 Å². The molecule has 0 radical (unpaired) electrons. The van der Waals surface area contributed by atoms with Gasteiger partial charge in [0.15, 0.2) is 11.5 Å². The summed E-state index contributed by atoms with van der Waals surface area (Å²) in [5.41, 5.74) is 1.97. The van der Waals surface area contributed by atoms with E-state index in [0.717, 1.165) is 16.3 Å². The van der Waals surface area contributed by atoms with E-state index in [0.29, 0.717) is 11.3 Å². The summed E-state index contributed by atoms with van der Waals surface area (Å²) in [6.45, 7) is -0.694. The first kappa shape index (κ1) is 17.5. The number of aromatic nitrogens is 4. The van der Waals surface area contributed by atoms with Crippen molar-refractivity contribution in [3.63, 3.8) is 0 Å². The molecular weight excluding hydrogens is 348 g/mol. The lowest BCUT2D eigenvalue weighted by Crippen LogP contribution is -2.35. The molecule has 8 heteroatoms. The standard InChI is InChI=1S/C19H18N4O4/c24-10-14(25)16(26)17(27)19-21-20-18-13-9-5-4-8-12(13)15(22-23(18)19)11-6-2-1-3-7-11/h1-9,14,16-17,24-27H,10H2. The topological polar surface area (TPSA) is 124 Å². The van der Waals surface area contributed by atoms with Gasteiger partial charge in [-0.3, -0.25) is 0 Å². The minimum atomic E-state index is -1.63. The second-order valence-electron chi connectivity index (χ2n) is 6.24. The van der Waals surface area contributed by atoms with E-state index in [2.05, 4.69) is 15.3 Å². The van der Waals surface area contributed by atoms with Gasteiger partial charge in [0.25, 0.3) is 0 Å². The van der Waals surface area contributed by atoms with Crippen LogP contribution >= 0.6 is 0 Å². The Morgan fingerprint density at radius 2 is 1.52 bits per heavy atom. The second-order valence-corrected chi connectivity index (χ2v) is 6.24. The first-order valence-corrected chi connectivity index (χ1v) is 8.46. The number of hydrogen-bond donors (Lipinski definition) is 4. The fraction of sp³-hybridized carbons (Fsp3) is 0.211. The quantitative estimate of drug-likeness (QED) is 0.410. The third-order valence-electron chi connectivity index (χ3n) is 4.50. The molecular formula is C19H18N4O4. The van der Waals surface area contributed by atoms with Gasteiger partial charge in [-0.15, -0.1) is 10.2 Å². The Balaban J connectivity index is 1.96. The molecule has 27 heavy (non-hydrogen) atoms. The van der Waals surface area contributed by atoms with Crippen LogP contribution < -0.4 is 0 Å². The number of rotatable bonds is 5. The van der Waals surface area contributed by atoms with Gasteiger partial charge in [0.1, 0.15) is 18.3 Å². The summed E-state index contributed by atoms with van der Waals surface area (Å²) in [4.78, 5) is 0. The highest BCUT2D eigenvalue weighted by atomic mass is 16.4. The van der Waals surface area contributed by atoms with Crippen LogP contribution in [-0.4, -0.2) is 59.1 Å². The van der Waals surface area contributed by atoms with Crippen molar-refractivity contribution in [1.29, 1.82) is 0 Å². The Morgan fingerprint density at radius 3 is 2.22 bits per heavy atom. The fourth-order valence-corrected chi connectivity index (χ4v) is 3.06. The lowest BCUT2D eigenvalue weighted by atomic mass is 10.0. The number of aliphatic hydroxyl groups excluding tert-OH is 4. The number of hydrogen-bond acceptors (Lipinski definition) is 7. The van der Waals surface area contributed by atoms with Gasteiger partial charge in [-0.05, 0) is 0 Å². The third kappa shape index (κ3) is 2.94. The normalized spacial score (nSPS) is 15.1. The highest BCUT2D eigenvalue weighted by molar-refractivity contribution is 6.01. The first-order chi connectivity index (χ1) is 13.1. The molecule has 4 aromatic rings. The maximum Gasteiger partial charge on any atom is 0.186 e. The van der Waals surface area contributed by atoms with Crippen molar-refractivity contribution in [3.8, 4) is 11.3 Å². The lowest BCUT2D eigenvalue weighted by Gasteiger charge is -2.20. The van der Waals surface area contributed by atoms with E-state index in [-0.39, 0.29) is 5.82 Å². The molecule has 4 N–H and O–H groups in total. The van der Waals surface area contributed by atoms with Crippen molar-refractivity contribution in [2.24, 2.45) is 0 Å². The zero-order chi connectivity index (χ0) is 19.0. The lowest BCUT2D eigenvalue weighted by molar-refractivity contribution is -0.0808. The van der Waals surface area contributed by atoms with Gasteiger partial charge >= 0.3 is 0 Å². The highest BCUT2D eigenvalue weighted by Crippen LogP contribution is 2.30. The summed E-state index contributed by atoms with van der Waals surface area (Å²) in [6.07, 6.45) is -4.71. The SMILES string of the molecule is OCC(O)C(O)C(O)c1nnc2c3ccccc3c(-c3ccccc3)nn12. The molecule has 0 aliphatic rings. The molecule has 0 fully saturated rings. The van der Waals surface area contributed by atoms with Gasteiger partial charge in [-0.1, -0.05) is 54.6 Å². The van der Waals surface area contributed by atoms with Crippen LogP contribution in [0.4, 0.5) is 0 Å². The molecule has 2 aromatic carbocycles. The summed E-state index contributed by atoms with van der Waals surface area (Å²) in [6, 6.07) is 17.1. The van der Waals surface area contributed by atoms with E-state index in [1.807, 2.05) is 54.6 Å². The van der Waals surface area contributed by atoms with E-state index in [1.54, 1.807) is 0 Å².